The van der Waals surface area contributed by atoms with Crippen molar-refractivity contribution in [3.8, 4) is 6.07 Å². The Bertz CT molecular complexity index is 763. The molecule has 0 saturated carbocycles. The minimum Gasteiger partial charge on any atom is -0.478 e. The summed E-state index contributed by atoms with van der Waals surface area (Å²) in [5.41, 5.74) is 6.90. The average Bonchev–Trinajstić information content (AvgIpc) is 2.49. The molecule has 0 spiro atoms. The standard InChI is InChI=1S/C15H11N3O3/c16-8-9-2-1-3-10(6-9)14(19)18-13-5-4-11(15(20)21)7-12(13)17/h1-7H,17H2,(H,18,19)(H,20,21). The summed E-state index contributed by atoms with van der Waals surface area (Å²) in [6.45, 7) is 0. The fourth-order valence-electron chi connectivity index (χ4n) is 1.73. The van der Waals surface area contributed by atoms with Crippen LogP contribution in [0.3, 0.4) is 0 Å². The lowest BCUT2D eigenvalue weighted by Crippen LogP contribution is -2.13. The third-order valence-corrected chi connectivity index (χ3v) is 2.80. The number of anilines is 2. The van der Waals surface area contributed by atoms with Gasteiger partial charge in [-0.15, -0.1) is 0 Å². The number of benzene rings is 2. The molecule has 0 unspecified atom stereocenters. The number of hydrogen-bond acceptors (Lipinski definition) is 4. The van der Waals surface area contributed by atoms with Crippen molar-refractivity contribution in [3.05, 3.63) is 59.2 Å². The van der Waals surface area contributed by atoms with Crippen molar-refractivity contribution in [3.63, 3.8) is 0 Å². The number of rotatable bonds is 3. The summed E-state index contributed by atoms with van der Waals surface area (Å²) >= 11 is 0. The van der Waals surface area contributed by atoms with Crippen LogP contribution in [-0.2, 0) is 0 Å². The zero-order chi connectivity index (χ0) is 15.4. The van der Waals surface area contributed by atoms with Crippen molar-refractivity contribution in [2.75, 3.05) is 11.1 Å². The maximum Gasteiger partial charge on any atom is 0.335 e. The molecule has 0 atom stereocenters. The number of nitrogens with zero attached hydrogens (tertiary/aromatic N) is 1. The zero-order valence-corrected chi connectivity index (χ0v) is 10.8. The highest BCUT2D eigenvalue weighted by atomic mass is 16.4. The monoisotopic (exact) mass is 281 g/mol. The highest BCUT2D eigenvalue weighted by Crippen LogP contribution is 2.21. The van der Waals surface area contributed by atoms with Crippen molar-refractivity contribution in [2.24, 2.45) is 0 Å². The van der Waals surface area contributed by atoms with Crippen LogP contribution in [0.4, 0.5) is 11.4 Å². The van der Waals surface area contributed by atoms with Gasteiger partial charge in [0, 0.05) is 5.56 Å². The maximum atomic E-state index is 12.1. The lowest BCUT2D eigenvalue weighted by Gasteiger charge is -2.09. The van der Waals surface area contributed by atoms with Gasteiger partial charge >= 0.3 is 5.97 Å². The van der Waals surface area contributed by atoms with E-state index in [4.69, 9.17) is 16.1 Å². The van der Waals surface area contributed by atoms with E-state index in [1.54, 1.807) is 18.2 Å². The van der Waals surface area contributed by atoms with Gasteiger partial charge in [0.25, 0.3) is 5.91 Å². The number of nitrogens with one attached hydrogen (secondary N) is 1. The van der Waals surface area contributed by atoms with Gasteiger partial charge in [-0.2, -0.15) is 5.26 Å². The van der Waals surface area contributed by atoms with Gasteiger partial charge in [-0.3, -0.25) is 4.79 Å². The molecule has 2 aromatic rings. The van der Waals surface area contributed by atoms with Gasteiger partial charge in [0.2, 0.25) is 0 Å². The summed E-state index contributed by atoms with van der Waals surface area (Å²) in [7, 11) is 0. The number of aromatic carboxylic acids is 1. The van der Waals surface area contributed by atoms with Crippen LogP contribution in [0, 0.1) is 11.3 Å². The number of carbonyl (C=O) groups excluding carboxylic acids is 1. The third-order valence-electron chi connectivity index (χ3n) is 2.80. The molecule has 0 aliphatic carbocycles. The Morgan fingerprint density at radius 2 is 1.90 bits per heavy atom. The first-order valence-electron chi connectivity index (χ1n) is 5.95. The minimum absolute atomic E-state index is 0.0389. The van der Waals surface area contributed by atoms with Crippen molar-refractivity contribution in [1.29, 1.82) is 5.26 Å². The maximum absolute atomic E-state index is 12.1. The average molecular weight is 281 g/mol. The normalized spacial score (nSPS) is 9.67. The van der Waals surface area contributed by atoms with E-state index in [0.717, 1.165) is 0 Å². The summed E-state index contributed by atoms with van der Waals surface area (Å²) in [5.74, 6) is -1.52. The number of amides is 1. The number of carboxylic acid groups (broad SMARTS) is 1. The molecule has 0 aliphatic heterocycles. The van der Waals surface area contributed by atoms with Gasteiger partial charge in [-0.05, 0) is 36.4 Å². The number of carboxylic acids is 1. The number of nitrogens with two attached hydrogens (primary N) is 1. The molecule has 0 radical (unpaired) electrons. The Kier molecular flexibility index (Phi) is 3.86. The molecule has 0 saturated heterocycles. The van der Waals surface area contributed by atoms with Gasteiger partial charge in [0.05, 0.1) is 28.6 Å². The predicted molar refractivity (Wildman–Crippen MR) is 76.9 cm³/mol. The Morgan fingerprint density at radius 1 is 1.14 bits per heavy atom. The largest absolute Gasteiger partial charge is 0.478 e. The Balaban J connectivity index is 2.23. The molecule has 0 heterocycles. The van der Waals surface area contributed by atoms with E-state index in [1.807, 2.05) is 6.07 Å². The van der Waals surface area contributed by atoms with E-state index in [0.29, 0.717) is 16.8 Å². The first kappa shape index (κ1) is 14.1. The van der Waals surface area contributed by atoms with Gasteiger partial charge in [0.1, 0.15) is 0 Å². The molecule has 2 rings (SSSR count). The lowest BCUT2D eigenvalue weighted by atomic mass is 10.1. The van der Waals surface area contributed by atoms with Crippen molar-refractivity contribution in [2.45, 2.75) is 0 Å². The van der Waals surface area contributed by atoms with Crippen molar-refractivity contribution in [1.82, 2.24) is 0 Å². The molecule has 6 heteroatoms. The van der Waals surface area contributed by atoms with E-state index < -0.39 is 11.9 Å². The van der Waals surface area contributed by atoms with Crippen LogP contribution < -0.4 is 11.1 Å². The highest BCUT2D eigenvalue weighted by molar-refractivity contribution is 6.06. The van der Waals surface area contributed by atoms with Crippen molar-refractivity contribution < 1.29 is 14.7 Å². The minimum atomic E-state index is -1.10. The second-order valence-corrected chi connectivity index (χ2v) is 4.25. The van der Waals surface area contributed by atoms with Crippen LogP contribution in [0.25, 0.3) is 0 Å². The topological polar surface area (TPSA) is 116 Å². The molecule has 6 nitrogen and oxygen atoms in total. The van der Waals surface area contributed by atoms with Gasteiger partial charge in [-0.25, -0.2) is 4.79 Å². The van der Waals surface area contributed by atoms with Crippen LogP contribution in [-0.4, -0.2) is 17.0 Å². The van der Waals surface area contributed by atoms with Crippen LogP contribution in [0.1, 0.15) is 26.3 Å². The summed E-state index contributed by atoms with van der Waals surface area (Å²) in [6, 6.07) is 12.2. The first-order chi connectivity index (χ1) is 10.0. The Labute approximate surface area is 120 Å². The number of nitrogen functional groups attached to an aromatic ring is 1. The first-order valence-corrected chi connectivity index (χ1v) is 5.95. The lowest BCUT2D eigenvalue weighted by molar-refractivity contribution is 0.0697. The Morgan fingerprint density at radius 3 is 2.52 bits per heavy atom. The van der Waals surface area contributed by atoms with Crippen LogP contribution in [0.2, 0.25) is 0 Å². The quantitative estimate of drug-likeness (QED) is 0.745. The summed E-state index contributed by atoms with van der Waals surface area (Å²) in [4.78, 5) is 22.9. The third kappa shape index (κ3) is 3.16. The van der Waals surface area contributed by atoms with Crippen LogP contribution >= 0.6 is 0 Å². The summed E-state index contributed by atoms with van der Waals surface area (Å²) in [6.07, 6.45) is 0. The Hall–Kier alpha value is -3.33. The highest BCUT2D eigenvalue weighted by Gasteiger charge is 2.11. The van der Waals surface area contributed by atoms with Gasteiger partial charge < -0.3 is 16.2 Å². The van der Waals surface area contributed by atoms with Crippen molar-refractivity contribution >= 4 is 23.3 Å². The molecule has 0 aromatic heterocycles. The molecule has 0 fully saturated rings. The molecule has 104 valence electrons. The summed E-state index contributed by atoms with van der Waals surface area (Å²) < 4.78 is 0. The fraction of sp³-hybridized carbons (Fsp3) is 0. The molecule has 0 bridgehead atoms. The number of carbonyl (C=O) groups is 2. The molecule has 21 heavy (non-hydrogen) atoms. The molecule has 0 aliphatic rings. The smallest absolute Gasteiger partial charge is 0.335 e. The SMILES string of the molecule is N#Cc1cccc(C(=O)Nc2ccc(C(=O)O)cc2N)c1. The number of hydrogen-bond donors (Lipinski definition) is 3. The van der Waals surface area contributed by atoms with E-state index in [9.17, 15) is 9.59 Å². The molecular formula is C15H11N3O3. The summed E-state index contributed by atoms with van der Waals surface area (Å²) in [5, 5.41) is 20.2. The van der Waals surface area contributed by atoms with E-state index in [1.165, 1.54) is 24.3 Å². The fourth-order valence-corrected chi connectivity index (χ4v) is 1.73. The van der Waals surface area contributed by atoms with E-state index in [2.05, 4.69) is 5.32 Å². The van der Waals surface area contributed by atoms with Gasteiger partial charge in [0.15, 0.2) is 0 Å². The zero-order valence-electron chi connectivity index (χ0n) is 10.8. The second kappa shape index (κ2) is 5.75. The molecule has 1 amide bonds. The molecule has 4 N–H and O–H groups in total. The predicted octanol–water partition coefficient (Wildman–Crippen LogP) is 2.09. The van der Waals surface area contributed by atoms with Crippen LogP contribution in [0.5, 0.6) is 0 Å². The number of nitriles is 1. The van der Waals surface area contributed by atoms with E-state index >= 15 is 0 Å². The van der Waals surface area contributed by atoms with E-state index in [-0.39, 0.29) is 11.3 Å². The van der Waals surface area contributed by atoms with Gasteiger partial charge in [-0.1, -0.05) is 6.07 Å². The second-order valence-electron chi connectivity index (χ2n) is 4.25. The molecular weight excluding hydrogens is 270 g/mol. The van der Waals surface area contributed by atoms with Crippen LogP contribution in [0.15, 0.2) is 42.5 Å². The molecule has 2 aromatic carbocycles.